The van der Waals surface area contributed by atoms with Crippen molar-refractivity contribution >= 4 is 35.2 Å². The highest BCUT2D eigenvalue weighted by atomic mass is 16.6. The third kappa shape index (κ3) is 2.58. The SMILES string of the molecule is CC(=O)O[C@@]12C[C@@H]3[C@@H]([C@@H]1C(C)=NN2C(=O)C(=O)N1N=C(C)[C@H]2[C@@H]4[C@@H](C[C@]21OC(C)=O)C4(C)C)C3(C)C. The molecular weight excluding hydrogens is 464 g/mol. The van der Waals surface area contributed by atoms with Crippen LogP contribution in [0.25, 0.3) is 0 Å². The van der Waals surface area contributed by atoms with E-state index in [4.69, 9.17) is 9.47 Å². The fraction of sp³-hybridized carbons (Fsp3) is 0.769. The highest BCUT2D eigenvalue weighted by molar-refractivity contribution is 6.35. The van der Waals surface area contributed by atoms with Crippen molar-refractivity contribution in [3.63, 3.8) is 0 Å². The predicted octanol–water partition coefficient (Wildman–Crippen LogP) is 2.53. The molecule has 0 unspecified atom stereocenters. The lowest BCUT2D eigenvalue weighted by molar-refractivity contribution is -0.205. The number of ether oxygens (including phenoxy) is 2. The lowest BCUT2D eigenvalue weighted by atomic mass is 9.83. The fourth-order valence-electron chi connectivity index (χ4n) is 8.75. The smallest absolute Gasteiger partial charge is 0.337 e. The van der Waals surface area contributed by atoms with Gasteiger partial charge in [-0.1, -0.05) is 27.7 Å². The average Bonchev–Trinajstić information content (AvgIpc) is 3.19. The molecule has 0 saturated heterocycles. The van der Waals surface area contributed by atoms with Gasteiger partial charge in [-0.2, -0.15) is 20.2 Å². The maximum Gasteiger partial charge on any atom is 0.337 e. The summed E-state index contributed by atoms with van der Waals surface area (Å²) < 4.78 is 11.7. The second-order valence-electron chi connectivity index (χ2n) is 12.9. The van der Waals surface area contributed by atoms with E-state index in [1.807, 2.05) is 13.8 Å². The summed E-state index contributed by atoms with van der Waals surface area (Å²) >= 11 is 0. The Bertz CT molecular complexity index is 1110. The van der Waals surface area contributed by atoms with E-state index in [0.29, 0.717) is 24.3 Å². The summed E-state index contributed by atoms with van der Waals surface area (Å²) in [4.78, 5) is 52.1. The topological polar surface area (TPSA) is 118 Å². The third-order valence-corrected chi connectivity index (χ3v) is 10.3. The normalized spacial score (nSPS) is 43.6. The van der Waals surface area contributed by atoms with Gasteiger partial charge in [-0.15, -0.1) is 0 Å². The van der Waals surface area contributed by atoms with E-state index in [-0.39, 0.29) is 46.3 Å². The van der Waals surface area contributed by atoms with Gasteiger partial charge in [0.25, 0.3) is 0 Å². The maximum absolute atomic E-state index is 13.9. The summed E-state index contributed by atoms with van der Waals surface area (Å²) in [6.07, 6.45) is 0.847. The molecule has 194 valence electrons. The van der Waals surface area contributed by atoms with Gasteiger partial charge in [-0.25, -0.2) is 0 Å². The molecule has 4 saturated carbocycles. The van der Waals surface area contributed by atoms with Crippen LogP contribution in [0.5, 0.6) is 0 Å². The van der Waals surface area contributed by atoms with Crippen molar-refractivity contribution < 1.29 is 28.7 Å². The van der Waals surface area contributed by atoms with E-state index in [1.54, 1.807) is 0 Å². The van der Waals surface area contributed by atoms with Crippen LogP contribution < -0.4 is 0 Å². The molecule has 0 spiro atoms. The van der Waals surface area contributed by atoms with Crippen molar-refractivity contribution in [2.24, 2.45) is 56.5 Å². The number of carbonyl (C=O) groups excluding carboxylic acids is 4. The molecule has 0 radical (unpaired) electrons. The van der Waals surface area contributed by atoms with Gasteiger partial charge in [0, 0.05) is 38.1 Å². The second kappa shape index (κ2) is 6.55. The molecule has 0 bridgehead atoms. The summed E-state index contributed by atoms with van der Waals surface area (Å²) in [6.45, 7) is 14.9. The van der Waals surface area contributed by atoms with Gasteiger partial charge in [0.2, 0.25) is 11.4 Å². The molecule has 0 N–H and O–H groups in total. The van der Waals surface area contributed by atoms with E-state index < -0.39 is 35.2 Å². The van der Waals surface area contributed by atoms with Crippen LogP contribution in [-0.4, -0.2) is 56.6 Å². The zero-order chi connectivity index (χ0) is 26.3. The first-order valence-electron chi connectivity index (χ1n) is 12.8. The van der Waals surface area contributed by atoms with Gasteiger partial charge in [0.1, 0.15) is 0 Å². The lowest BCUT2D eigenvalue weighted by Crippen LogP contribution is -2.60. The average molecular weight is 499 g/mol. The molecule has 0 aromatic heterocycles. The Morgan fingerprint density at radius 3 is 1.36 bits per heavy atom. The summed E-state index contributed by atoms with van der Waals surface area (Å²) in [5.41, 5.74) is -1.19. The molecule has 6 aliphatic rings. The Labute approximate surface area is 210 Å². The van der Waals surface area contributed by atoms with Crippen LogP contribution in [-0.2, 0) is 28.7 Å². The summed E-state index contributed by atoms with van der Waals surface area (Å²) in [7, 11) is 0. The number of amides is 2. The van der Waals surface area contributed by atoms with Crippen molar-refractivity contribution in [3.8, 4) is 0 Å². The number of carbonyl (C=O) groups is 4. The predicted molar refractivity (Wildman–Crippen MR) is 127 cm³/mol. The van der Waals surface area contributed by atoms with Crippen molar-refractivity contribution in [1.82, 2.24) is 10.0 Å². The van der Waals surface area contributed by atoms with Crippen molar-refractivity contribution in [2.45, 2.75) is 79.7 Å². The molecule has 0 aromatic rings. The molecule has 2 heterocycles. The number of nitrogens with zero attached hydrogens (tertiary/aromatic N) is 4. The number of hydrogen-bond donors (Lipinski definition) is 0. The first-order valence-corrected chi connectivity index (χ1v) is 12.8. The van der Waals surface area contributed by atoms with Crippen LogP contribution in [0.3, 0.4) is 0 Å². The third-order valence-electron chi connectivity index (χ3n) is 10.3. The van der Waals surface area contributed by atoms with Gasteiger partial charge in [-0.05, 0) is 48.3 Å². The summed E-state index contributed by atoms with van der Waals surface area (Å²) in [5, 5.41) is 11.1. The molecule has 0 aromatic carbocycles. The molecule has 8 atom stereocenters. The van der Waals surface area contributed by atoms with Gasteiger partial charge in [0.05, 0.1) is 11.8 Å². The van der Waals surface area contributed by atoms with E-state index in [2.05, 4.69) is 37.9 Å². The van der Waals surface area contributed by atoms with E-state index in [9.17, 15) is 19.2 Å². The Kier molecular flexibility index (Phi) is 4.30. The minimum Gasteiger partial charge on any atom is -0.436 e. The minimum atomic E-state index is -1.32. The minimum absolute atomic E-state index is 0.0504. The molecule has 10 nitrogen and oxygen atoms in total. The Morgan fingerprint density at radius 1 is 0.722 bits per heavy atom. The number of esters is 2. The number of fused-ring (bicyclic) bond motifs is 6. The van der Waals surface area contributed by atoms with Gasteiger partial charge in [0.15, 0.2) is 0 Å². The van der Waals surface area contributed by atoms with Crippen molar-refractivity contribution in [3.05, 3.63) is 0 Å². The second-order valence-corrected chi connectivity index (χ2v) is 12.9. The molecule has 4 fully saturated rings. The van der Waals surface area contributed by atoms with Gasteiger partial charge >= 0.3 is 23.8 Å². The van der Waals surface area contributed by atoms with Crippen molar-refractivity contribution in [1.29, 1.82) is 0 Å². The maximum atomic E-state index is 13.9. The van der Waals surface area contributed by atoms with E-state index >= 15 is 0 Å². The van der Waals surface area contributed by atoms with E-state index in [1.165, 1.54) is 13.8 Å². The zero-order valence-electron chi connectivity index (χ0n) is 22.1. The molecule has 6 rings (SSSR count). The first-order chi connectivity index (χ1) is 16.6. The summed E-state index contributed by atoms with van der Waals surface area (Å²) in [6, 6.07) is 0. The zero-order valence-corrected chi connectivity index (χ0v) is 22.1. The van der Waals surface area contributed by atoms with Crippen LogP contribution in [0.2, 0.25) is 0 Å². The fourth-order valence-corrected chi connectivity index (χ4v) is 8.75. The van der Waals surface area contributed by atoms with Crippen molar-refractivity contribution in [2.75, 3.05) is 0 Å². The Morgan fingerprint density at radius 2 is 1.06 bits per heavy atom. The largest absolute Gasteiger partial charge is 0.436 e. The number of rotatable bonds is 2. The van der Waals surface area contributed by atoms with E-state index in [0.717, 1.165) is 10.0 Å². The van der Waals surface area contributed by atoms with Crippen LogP contribution >= 0.6 is 0 Å². The highest BCUT2D eigenvalue weighted by Gasteiger charge is 2.80. The molecule has 2 aliphatic heterocycles. The molecule has 4 aliphatic carbocycles. The Hall–Kier alpha value is -2.78. The standard InChI is InChI=1S/C26H34N4O6/c1-11-17-19-15(23(19,5)6)9-25(17,35-13(3)31)29(27-11)21(33)22(34)30-26(36-14(4)32)10-16-20(24(16,7)8)18(26)12(2)28-30/h15-20H,9-10H2,1-8H3/t15-,16-,17+,18+,19+,20+,25+,26+/m1/s1. The molecule has 10 heteroatoms. The molecular formula is C26H34N4O6. The van der Waals surface area contributed by atoms with Crippen LogP contribution in [0.4, 0.5) is 0 Å². The van der Waals surface area contributed by atoms with Gasteiger partial charge < -0.3 is 9.47 Å². The van der Waals surface area contributed by atoms with Crippen LogP contribution in [0.15, 0.2) is 10.2 Å². The number of hydrazone groups is 2. The van der Waals surface area contributed by atoms with Crippen LogP contribution in [0.1, 0.15) is 68.2 Å². The quantitative estimate of drug-likeness (QED) is 0.426. The van der Waals surface area contributed by atoms with Crippen LogP contribution in [0, 0.1) is 46.3 Å². The lowest BCUT2D eigenvalue weighted by Gasteiger charge is -2.41. The summed E-state index contributed by atoms with van der Waals surface area (Å²) in [5.74, 6) is -2.52. The monoisotopic (exact) mass is 498 g/mol. The Balaban J connectivity index is 1.35. The highest BCUT2D eigenvalue weighted by Crippen LogP contribution is 2.75. The van der Waals surface area contributed by atoms with Gasteiger partial charge in [-0.3, -0.25) is 19.2 Å². The first kappa shape index (κ1) is 23.6. The number of hydrogen-bond acceptors (Lipinski definition) is 8. The molecule has 2 amide bonds. The molecule has 36 heavy (non-hydrogen) atoms.